The SMILES string of the molecule is CN1CCN(CCCCC(=O)NN)C(=O)C1=O. The molecule has 1 aliphatic rings. The zero-order valence-electron chi connectivity index (χ0n) is 9.94. The Labute approximate surface area is 99.9 Å². The van der Waals surface area contributed by atoms with Crippen LogP contribution in [0.4, 0.5) is 0 Å². The molecule has 96 valence electrons. The first-order valence-corrected chi connectivity index (χ1v) is 5.60. The number of amides is 3. The second-order valence-corrected chi connectivity index (χ2v) is 4.04. The Kier molecular flexibility index (Phi) is 4.89. The van der Waals surface area contributed by atoms with Gasteiger partial charge in [-0.1, -0.05) is 0 Å². The molecule has 0 unspecified atom stereocenters. The van der Waals surface area contributed by atoms with Gasteiger partial charge in [0.2, 0.25) is 5.91 Å². The lowest BCUT2D eigenvalue weighted by Gasteiger charge is -2.31. The Morgan fingerprint density at radius 2 is 2.00 bits per heavy atom. The maximum atomic E-state index is 11.6. The molecule has 3 amide bonds. The molecule has 7 heteroatoms. The third-order valence-electron chi connectivity index (χ3n) is 2.77. The number of nitrogens with zero attached hydrogens (tertiary/aromatic N) is 2. The minimum absolute atomic E-state index is 0.217. The minimum Gasteiger partial charge on any atom is -0.336 e. The summed E-state index contributed by atoms with van der Waals surface area (Å²) < 4.78 is 0. The van der Waals surface area contributed by atoms with Crippen LogP contribution < -0.4 is 11.3 Å². The lowest BCUT2D eigenvalue weighted by Crippen LogP contribution is -2.52. The van der Waals surface area contributed by atoms with E-state index in [1.807, 2.05) is 5.43 Å². The highest BCUT2D eigenvalue weighted by Crippen LogP contribution is 2.05. The van der Waals surface area contributed by atoms with E-state index in [1.165, 1.54) is 9.80 Å². The Balaban J connectivity index is 2.26. The van der Waals surface area contributed by atoms with Gasteiger partial charge in [0.1, 0.15) is 0 Å². The third kappa shape index (κ3) is 3.70. The number of piperazine rings is 1. The standard InChI is InChI=1S/C10H18N4O3/c1-13-6-7-14(10(17)9(13)16)5-3-2-4-8(15)12-11/h2-7,11H2,1H3,(H,12,15). The van der Waals surface area contributed by atoms with Crippen LogP contribution in [0.3, 0.4) is 0 Å². The van der Waals surface area contributed by atoms with Gasteiger partial charge < -0.3 is 9.80 Å². The number of nitrogens with one attached hydrogen (secondary N) is 1. The average molecular weight is 242 g/mol. The number of rotatable bonds is 5. The molecule has 0 aliphatic carbocycles. The van der Waals surface area contributed by atoms with Gasteiger partial charge in [0.15, 0.2) is 0 Å². The van der Waals surface area contributed by atoms with E-state index < -0.39 is 11.8 Å². The van der Waals surface area contributed by atoms with Crippen LogP contribution in [0, 0.1) is 0 Å². The highest BCUT2D eigenvalue weighted by atomic mass is 16.2. The van der Waals surface area contributed by atoms with Gasteiger partial charge in [-0.2, -0.15) is 0 Å². The zero-order chi connectivity index (χ0) is 12.8. The Morgan fingerprint density at radius 3 is 2.65 bits per heavy atom. The van der Waals surface area contributed by atoms with E-state index in [4.69, 9.17) is 5.84 Å². The predicted molar refractivity (Wildman–Crippen MR) is 60.4 cm³/mol. The summed E-state index contributed by atoms with van der Waals surface area (Å²) in [6.07, 6.45) is 1.68. The van der Waals surface area contributed by atoms with Crippen LogP contribution in [0.25, 0.3) is 0 Å². The molecule has 0 spiro atoms. The summed E-state index contributed by atoms with van der Waals surface area (Å²) in [6, 6.07) is 0. The molecule has 1 saturated heterocycles. The van der Waals surface area contributed by atoms with Crippen LogP contribution in [0.5, 0.6) is 0 Å². The molecule has 0 aromatic rings. The zero-order valence-corrected chi connectivity index (χ0v) is 9.94. The molecule has 1 aliphatic heterocycles. The van der Waals surface area contributed by atoms with E-state index in [9.17, 15) is 14.4 Å². The molecule has 1 fully saturated rings. The molecular weight excluding hydrogens is 224 g/mol. The van der Waals surface area contributed by atoms with Crippen LogP contribution in [0.1, 0.15) is 19.3 Å². The van der Waals surface area contributed by atoms with Gasteiger partial charge in [-0.05, 0) is 12.8 Å². The van der Waals surface area contributed by atoms with Crippen molar-refractivity contribution in [2.75, 3.05) is 26.7 Å². The van der Waals surface area contributed by atoms with Gasteiger partial charge in [0.25, 0.3) is 0 Å². The predicted octanol–water partition coefficient (Wildman–Crippen LogP) is -1.55. The fraction of sp³-hybridized carbons (Fsp3) is 0.700. The lowest BCUT2D eigenvalue weighted by molar-refractivity contribution is -0.154. The van der Waals surface area contributed by atoms with E-state index in [-0.39, 0.29) is 5.91 Å². The van der Waals surface area contributed by atoms with Gasteiger partial charge in [-0.25, -0.2) is 5.84 Å². The maximum absolute atomic E-state index is 11.6. The Morgan fingerprint density at radius 1 is 1.29 bits per heavy atom. The molecule has 3 N–H and O–H groups in total. The smallest absolute Gasteiger partial charge is 0.312 e. The van der Waals surface area contributed by atoms with Crippen molar-refractivity contribution >= 4 is 17.7 Å². The molecule has 0 radical (unpaired) electrons. The van der Waals surface area contributed by atoms with E-state index >= 15 is 0 Å². The molecular formula is C10H18N4O3. The largest absolute Gasteiger partial charge is 0.336 e. The first-order chi connectivity index (χ1) is 8.06. The van der Waals surface area contributed by atoms with Crippen LogP contribution in [0.2, 0.25) is 0 Å². The van der Waals surface area contributed by atoms with Gasteiger partial charge in [-0.3, -0.25) is 19.8 Å². The summed E-state index contributed by atoms with van der Waals surface area (Å²) in [6.45, 7) is 1.63. The first kappa shape index (κ1) is 13.4. The van der Waals surface area contributed by atoms with Gasteiger partial charge >= 0.3 is 11.8 Å². The van der Waals surface area contributed by atoms with Crippen molar-refractivity contribution in [3.05, 3.63) is 0 Å². The molecule has 17 heavy (non-hydrogen) atoms. The highest BCUT2D eigenvalue weighted by molar-refractivity contribution is 6.35. The van der Waals surface area contributed by atoms with E-state index in [0.29, 0.717) is 38.9 Å². The van der Waals surface area contributed by atoms with Crippen molar-refractivity contribution in [2.24, 2.45) is 5.84 Å². The molecule has 1 rings (SSSR count). The van der Waals surface area contributed by atoms with E-state index in [2.05, 4.69) is 0 Å². The number of carbonyl (C=O) groups is 3. The van der Waals surface area contributed by atoms with Gasteiger partial charge in [0.05, 0.1) is 0 Å². The summed E-state index contributed by atoms with van der Waals surface area (Å²) in [5.74, 6) is 3.80. The summed E-state index contributed by atoms with van der Waals surface area (Å²) in [4.78, 5) is 36.7. The number of carbonyl (C=O) groups excluding carboxylic acids is 3. The first-order valence-electron chi connectivity index (χ1n) is 5.60. The van der Waals surface area contributed by atoms with Crippen molar-refractivity contribution < 1.29 is 14.4 Å². The fourth-order valence-electron chi connectivity index (χ4n) is 1.65. The molecule has 0 aromatic carbocycles. The van der Waals surface area contributed by atoms with E-state index in [0.717, 1.165) is 0 Å². The molecule has 0 bridgehead atoms. The number of likely N-dealkylation sites (N-methyl/N-ethyl adjacent to an activating group) is 1. The summed E-state index contributed by atoms with van der Waals surface area (Å²) in [5, 5.41) is 0. The second kappa shape index (κ2) is 6.19. The molecule has 0 aromatic heterocycles. The minimum atomic E-state index is -0.462. The van der Waals surface area contributed by atoms with Crippen molar-refractivity contribution in [1.29, 1.82) is 0 Å². The highest BCUT2D eigenvalue weighted by Gasteiger charge is 2.29. The molecule has 0 saturated carbocycles. The van der Waals surface area contributed by atoms with Gasteiger partial charge in [-0.15, -0.1) is 0 Å². The Bertz CT molecular complexity index is 319. The number of nitrogens with two attached hydrogens (primary N) is 1. The maximum Gasteiger partial charge on any atom is 0.312 e. The quantitative estimate of drug-likeness (QED) is 0.200. The van der Waals surface area contributed by atoms with Crippen molar-refractivity contribution in [3.8, 4) is 0 Å². The van der Waals surface area contributed by atoms with Crippen molar-refractivity contribution in [1.82, 2.24) is 15.2 Å². The normalized spacial score (nSPS) is 16.4. The molecule has 7 nitrogen and oxygen atoms in total. The summed E-state index contributed by atoms with van der Waals surface area (Å²) in [7, 11) is 1.61. The van der Waals surface area contributed by atoms with Crippen LogP contribution in [-0.2, 0) is 14.4 Å². The molecule has 0 atom stereocenters. The third-order valence-corrected chi connectivity index (χ3v) is 2.77. The number of unbranched alkanes of at least 4 members (excludes halogenated alkanes) is 1. The second-order valence-electron chi connectivity index (χ2n) is 4.04. The monoisotopic (exact) mass is 242 g/mol. The molecule has 1 heterocycles. The summed E-state index contributed by atoms with van der Waals surface area (Å²) in [5.41, 5.74) is 2.04. The fourth-order valence-corrected chi connectivity index (χ4v) is 1.65. The number of hydrazine groups is 1. The summed E-state index contributed by atoms with van der Waals surface area (Å²) >= 11 is 0. The number of hydrogen-bond acceptors (Lipinski definition) is 4. The average Bonchev–Trinajstić information content (AvgIpc) is 2.33. The lowest BCUT2D eigenvalue weighted by atomic mass is 10.2. The Hall–Kier alpha value is -1.63. The van der Waals surface area contributed by atoms with E-state index in [1.54, 1.807) is 7.05 Å². The van der Waals surface area contributed by atoms with Crippen LogP contribution in [-0.4, -0.2) is 54.2 Å². The van der Waals surface area contributed by atoms with Crippen molar-refractivity contribution in [3.63, 3.8) is 0 Å². The van der Waals surface area contributed by atoms with Crippen molar-refractivity contribution in [2.45, 2.75) is 19.3 Å². The number of hydrogen-bond donors (Lipinski definition) is 2. The van der Waals surface area contributed by atoms with Crippen LogP contribution in [0.15, 0.2) is 0 Å². The van der Waals surface area contributed by atoms with Gasteiger partial charge in [0, 0.05) is 33.1 Å². The topological polar surface area (TPSA) is 95.7 Å². The van der Waals surface area contributed by atoms with Crippen LogP contribution >= 0.6 is 0 Å².